The van der Waals surface area contributed by atoms with E-state index in [4.69, 9.17) is 19.4 Å². The summed E-state index contributed by atoms with van der Waals surface area (Å²) in [6.45, 7) is 4.49. The third-order valence-electron chi connectivity index (χ3n) is 7.57. The largest absolute Gasteiger partial charge is 0.438 e. The van der Waals surface area contributed by atoms with Crippen molar-refractivity contribution < 1.29 is 4.42 Å². The molecule has 1 N–H and O–H groups in total. The molecule has 1 aliphatic heterocycles. The van der Waals surface area contributed by atoms with E-state index in [1.807, 2.05) is 18.2 Å². The van der Waals surface area contributed by atoms with Crippen LogP contribution in [0.3, 0.4) is 0 Å². The molecule has 7 rings (SSSR count). The third kappa shape index (κ3) is 3.82. The van der Waals surface area contributed by atoms with Crippen molar-refractivity contribution in [2.75, 3.05) is 0 Å². The van der Waals surface area contributed by atoms with Crippen molar-refractivity contribution in [3.8, 4) is 0 Å². The third-order valence-corrected chi connectivity index (χ3v) is 7.57. The number of fused-ring (bicyclic) bond motifs is 4. The Morgan fingerprint density at radius 3 is 2.65 bits per heavy atom. The molecule has 182 valence electrons. The summed E-state index contributed by atoms with van der Waals surface area (Å²) in [6.07, 6.45) is 11.5. The fraction of sp³-hybridized carbons (Fsp3) is 0.219. The number of hydrogen-bond donors (Lipinski definition) is 1. The highest BCUT2D eigenvalue weighted by Gasteiger charge is 2.36. The summed E-state index contributed by atoms with van der Waals surface area (Å²) in [7, 11) is 0. The maximum absolute atomic E-state index is 6.31. The molecule has 3 aliphatic rings. The van der Waals surface area contributed by atoms with Crippen LogP contribution in [0.25, 0.3) is 28.1 Å². The van der Waals surface area contributed by atoms with Crippen molar-refractivity contribution in [1.29, 1.82) is 0 Å². The van der Waals surface area contributed by atoms with Crippen molar-refractivity contribution in [2.24, 2.45) is 21.8 Å². The lowest BCUT2D eigenvalue weighted by Crippen LogP contribution is -2.41. The van der Waals surface area contributed by atoms with Gasteiger partial charge in [0.05, 0.1) is 11.4 Å². The second-order valence-corrected chi connectivity index (χ2v) is 10.3. The number of nitrogens with zero attached hydrogens (tertiary/aromatic N) is 3. The van der Waals surface area contributed by atoms with Gasteiger partial charge >= 0.3 is 0 Å². The van der Waals surface area contributed by atoms with E-state index >= 15 is 0 Å². The Kier molecular flexibility index (Phi) is 5.17. The molecule has 2 aliphatic carbocycles. The first-order chi connectivity index (χ1) is 18.1. The van der Waals surface area contributed by atoms with E-state index in [1.54, 1.807) is 0 Å². The number of allylic oxidation sites excluding steroid dienone is 4. The van der Waals surface area contributed by atoms with Crippen LogP contribution >= 0.6 is 0 Å². The van der Waals surface area contributed by atoms with Crippen molar-refractivity contribution >= 4 is 39.7 Å². The fourth-order valence-electron chi connectivity index (χ4n) is 5.69. The standard InChI is InChI=1S/C32H28N4O/c1-19-9-8-13-23(17-19)30-34-29(21-10-4-3-5-11-21)35-31(36-30)27-20(2)15-16-26-28(27)24-18-22-12-6-7-14-25(22)33-32(24)37-26/h3-16,18-20,27,29H,17H2,1-2H3,(H,34,35,36). The number of pyridine rings is 1. The Bertz CT molecular complexity index is 1670. The van der Waals surface area contributed by atoms with Gasteiger partial charge in [-0.1, -0.05) is 86.7 Å². The Morgan fingerprint density at radius 1 is 0.946 bits per heavy atom. The number of aliphatic imine (C=N–C) groups is 2. The van der Waals surface area contributed by atoms with Crippen molar-refractivity contribution in [1.82, 2.24) is 10.3 Å². The van der Waals surface area contributed by atoms with Gasteiger partial charge in [0.25, 0.3) is 0 Å². The van der Waals surface area contributed by atoms with Gasteiger partial charge in [0.1, 0.15) is 17.4 Å². The number of furan rings is 1. The molecule has 0 saturated carbocycles. The topological polar surface area (TPSA) is 62.8 Å². The van der Waals surface area contributed by atoms with Gasteiger partial charge in [0, 0.05) is 16.3 Å². The Balaban J connectivity index is 1.38. The lowest BCUT2D eigenvalue weighted by molar-refractivity contribution is 0.562. The van der Waals surface area contributed by atoms with Gasteiger partial charge in [-0.2, -0.15) is 0 Å². The average Bonchev–Trinajstić information content (AvgIpc) is 3.29. The molecule has 4 aromatic rings. The highest BCUT2D eigenvalue weighted by molar-refractivity contribution is 6.13. The number of nitrogens with one attached hydrogen (secondary N) is 1. The quantitative estimate of drug-likeness (QED) is 0.331. The zero-order valence-corrected chi connectivity index (χ0v) is 20.9. The van der Waals surface area contributed by atoms with Crippen molar-refractivity contribution in [3.63, 3.8) is 0 Å². The molecule has 4 unspecified atom stereocenters. The predicted molar refractivity (Wildman–Crippen MR) is 151 cm³/mol. The zero-order chi connectivity index (χ0) is 24.9. The first-order valence-corrected chi connectivity index (χ1v) is 13.0. The minimum atomic E-state index is -0.298. The average molecular weight is 485 g/mol. The minimum absolute atomic E-state index is 0.00178. The van der Waals surface area contributed by atoms with Crippen LogP contribution in [0.1, 0.15) is 49.2 Å². The number of benzene rings is 2. The van der Waals surface area contributed by atoms with Crippen LogP contribution in [0.15, 0.2) is 105 Å². The fourth-order valence-corrected chi connectivity index (χ4v) is 5.69. The molecule has 2 aromatic heterocycles. The molecule has 4 atom stereocenters. The molecule has 0 saturated heterocycles. The molecule has 5 heteroatoms. The van der Waals surface area contributed by atoms with E-state index in [2.05, 4.69) is 92.0 Å². The molecular formula is C32H28N4O. The van der Waals surface area contributed by atoms with Crippen LogP contribution in [0.5, 0.6) is 0 Å². The summed E-state index contributed by atoms with van der Waals surface area (Å²) in [4.78, 5) is 15.1. The first kappa shape index (κ1) is 22.0. The van der Waals surface area contributed by atoms with Crippen molar-refractivity contribution in [3.05, 3.63) is 107 Å². The normalized spacial score (nSPS) is 24.9. The smallest absolute Gasteiger partial charge is 0.227 e. The highest BCUT2D eigenvalue weighted by atomic mass is 16.3. The number of rotatable bonds is 3. The summed E-state index contributed by atoms with van der Waals surface area (Å²) in [5.41, 5.74) is 5.06. The summed E-state index contributed by atoms with van der Waals surface area (Å²) < 4.78 is 6.31. The Morgan fingerprint density at radius 2 is 1.78 bits per heavy atom. The van der Waals surface area contributed by atoms with Crippen molar-refractivity contribution in [2.45, 2.75) is 32.4 Å². The van der Waals surface area contributed by atoms with Crippen LogP contribution < -0.4 is 5.32 Å². The second-order valence-electron chi connectivity index (χ2n) is 10.3. The lowest BCUT2D eigenvalue weighted by atomic mass is 9.80. The number of hydrogen-bond acceptors (Lipinski definition) is 5. The van der Waals surface area contributed by atoms with E-state index in [-0.39, 0.29) is 18.0 Å². The maximum atomic E-state index is 6.31. The van der Waals surface area contributed by atoms with Gasteiger partial charge in [-0.05, 0) is 47.6 Å². The second kappa shape index (κ2) is 8.70. The molecule has 2 aromatic carbocycles. The molecule has 0 bridgehead atoms. The molecule has 3 heterocycles. The van der Waals surface area contributed by atoms with Gasteiger partial charge in [-0.15, -0.1) is 0 Å². The van der Waals surface area contributed by atoms with E-state index in [0.29, 0.717) is 11.6 Å². The number of amidine groups is 2. The van der Waals surface area contributed by atoms with E-state index in [9.17, 15) is 0 Å². The molecule has 0 radical (unpaired) electrons. The van der Waals surface area contributed by atoms with Gasteiger partial charge < -0.3 is 9.73 Å². The summed E-state index contributed by atoms with van der Waals surface area (Å²) in [5, 5.41) is 5.83. The Hall–Kier alpha value is -4.25. The molecule has 0 fully saturated rings. The monoisotopic (exact) mass is 484 g/mol. The molecule has 37 heavy (non-hydrogen) atoms. The molecule has 5 nitrogen and oxygen atoms in total. The van der Waals surface area contributed by atoms with Crippen LogP contribution in [-0.4, -0.2) is 16.7 Å². The van der Waals surface area contributed by atoms with Gasteiger partial charge in [0.2, 0.25) is 5.71 Å². The number of aromatic nitrogens is 1. The summed E-state index contributed by atoms with van der Waals surface area (Å²) in [6, 6.07) is 20.8. The summed E-state index contributed by atoms with van der Waals surface area (Å²) >= 11 is 0. The van der Waals surface area contributed by atoms with E-state index in [0.717, 1.165) is 51.3 Å². The van der Waals surface area contributed by atoms with Crippen LogP contribution in [0.2, 0.25) is 0 Å². The number of para-hydroxylation sites is 1. The predicted octanol–water partition coefficient (Wildman–Crippen LogP) is 7.35. The molecule has 0 spiro atoms. The van der Waals surface area contributed by atoms with Gasteiger partial charge in [-0.25, -0.2) is 15.0 Å². The molecule has 0 amide bonds. The summed E-state index contributed by atoms with van der Waals surface area (Å²) in [5.74, 6) is 3.39. The van der Waals surface area contributed by atoms with Crippen LogP contribution in [0, 0.1) is 11.8 Å². The van der Waals surface area contributed by atoms with E-state index in [1.165, 1.54) is 5.57 Å². The maximum Gasteiger partial charge on any atom is 0.227 e. The van der Waals surface area contributed by atoms with Gasteiger partial charge in [0.15, 0.2) is 6.17 Å². The van der Waals surface area contributed by atoms with E-state index < -0.39 is 0 Å². The highest BCUT2D eigenvalue weighted by Crippen LogP contribution is 2.42. The Labute approximate surface area is 216 Å². The van der Waals surface area contributed by atoms with Gasteiger partial charge in [-0.3, -0.25) is 0 Å². The first-order valence-electron chi connectivity index (χ1n) is 13.0. The van der Waals surface area contributed by atoms with Crippen LogP contribution in [0.4, 0.5) is 0 Å². The zero-order valence-electron chi connectivity index (χ0n) is 20.9. The molecular weight excluding hydrogens is 456 g/mol. The minimum Gasteiger partial charge on any atom is -0.438 e. The SMILES string of the molecule is CC1C=CC=C(C2=NC(c3ccccc3)N=C(C3c4c(oc5nc6ccccc6cc45)C=CC3C)N2)C1. The van der Waals surface area contributed by atoms with Crippen LogP contribution in [-0.2, 0) is 0 Å². The lowest BCUT2D eigenvalue weighted by Gasteiger charge is -2.32.